The molecule has 1 unspecified atom stereocenters. The van der Waals surface area contributed by atoms with Crippen LogP contribution in [0.15, 0.2) is 48.7 Å². The maximum atomic E-state index is 4.29. The Kier molecular flexibility index (Phi) is 3.38. The molecule has 0 saturated heterocycles. The molecule has 6 heteroatoms. The van der Waals surface area contributed by atoms with E-state index in [1.54, 1.807) is 24.4 Å². The first-order valence-electron chi connectivity index (χ1n) is 5.40. The molecule has 1 atom stereocenters. The second kappa shape index (κ2) is 5.16. The summed E-state index contributed by atoms with van der Waals surface area (Å²) in [6, 6.07) is 8.19. The predicted molar refractivity (Wildman–Crippen MR) is 81.1 cm³/mol. The summed E-state index contributed by atoms with van der Waals surface area (Å²) in [5.41, 5.74) is 1.26. The van der Waals surface area contributed by atoms with Gasteiger partial charge in [-0.2, -0.15) is 0 Å². The molecule has 0 bridgehead atoms. The van der Waals surface area contributed by atoms with Crippen molar-refractivity contribution in [1.29, 1.82) is 0 Å². The number of aliphatic imine (C=N–C) groups is 4. The molecule has 0 aliphatic carbocycles. The van der Waals surface area contributed by atoms with E-state index in [9.17, 15) is 0 Å². The van der Waals surface area contributed by atoms with E-state index >= 15 is 0 Å². The van der Waals surface area contributed by atoms with E-state index in [1.165, 1.54) is 5.56 Å². The lowest BCUT2D eigenvalue weighted by molar-refractivity contribution is 1.16. The highest BCUT2D eigenvalue weighted by atomic mass is 79.9. The van der Waals surface area contributed by atoms with Crippen molar-refractivity contribution < 1.29 is 0 Å². The fourth-order valence-electron chi connectivity index (χ4n) is 1.64. The molecule has 0 amide bonds. The summed E-state index contributed by atoms with van der Waals surface area (Å²) in [5.74, 6) is 1.61. The van der Waals surface area contributed by atoms with Crippen LogP contribution in [0.2, 0.25) is 0 Å². The monoisotopic (exact) mass is 320 g/mol. The Morgan fingerprint density at radius 2 is 1.94 bits per heavy atom. The molecule has 2 aliphatic rings. The van der Waals surface area contributed by atoms with Crippen LogP contribution < -0.4 is 0 Å². The third-order valence-corrected chi connectivity index (χ3v) is 4.19. The molecule has 0 aromatic heterocycles. The van der Waals surface area contributed by atoms with Crippen molar-refractivity contribution in [3.63, 3.8) is 0 Å². The van der Waals surface area contributed by atoms with Gasteiger partial charge in [0, 0.05) is 10.2 Å². The van der Waals surface area contributed by atoms with Crippen molar-refractivity contribution in [2.75, 3.05) is 0 Å². The standard InChI is InChI=1S/C12H9BrN4S/c13-9-3-1-8(2-4-9)5-18-12-10-11(15-6-14-10)16-7-17-12/h1-4,6-7,10H,5H2. The molecular formula is C12H9BrN4S. The second-order valence-electron chi connectivity index (χ2n) is 3.78. The Hall–Kier alpha value is -1.27. The second-order valence-corrected chi connectivity index (χ2v) is 5.69. The van der Waals surface area contributed by atoms with Gasteiger partial charge in [0.15, 0.2) is 11.9 Å². The van der Waals surface area contributed by atoms with Crippen LogP contribution in [0.3, 0.4) is 0 Å². The number of hydrogen-bond donors (Lipinski definition) is 0. The van der Waals surface area contributed by atoms with Gasteiger partial charge in [-0.15, -0.1) is 11.8 Å². The Labute approximate surface area is 117 Å². The van der Waals surface area contributed by atoms with Crippen molar-refractivity contribution in [3.05, 3.63) is 34.3 Å². The number of benzene rings is 1. The highest BCUT2D eigenvalue weighted by Crippen LogP contribution is 2.22. The summed E-state index contributed by atoms with van der Waals surface area (Å²) >= 11 is 5.11. The molecule has 0 N–H and O–H groups in total. The summed E-state index contributed by atoms with van der Waals surface area (Å²) < 4.78 is 1.09. The molecule has 3 rings (SSSR count). The van der Waals surface area contributed by atoms with Gasteiger partial charge in [0.05, 0.1) is 0 Å². The van der Waals surface area contributed by atoms with Crippen molar-refractivity contribution in [1.82, 2.24) is 0 Å². The van der Waals surface area contributed by atoms with E-state index in [2.05, 4.69) is 48.0 Å². The zero-order valence-electron chi connectivity index (χ0n) is 9.32. The number of fused-ring (bicyclic) bond motifs is 1. The van der Waals surface area contributed by atoms with Crippen LogP contribution in [0.25, 0.3) is 0 Å². The number of hydrogen-bond acceptors (Lipinski definition) is 5. The normalized spacial score (nSPS) is 20.6. The number of amidine groups is 1. The van der Waals surface area contributed by atoms with E-state index < -0.39 is 0 Å². The van der Waals surface area contributed by atoms with Crippen LogP contribution in [0.5, 0.6) is 0 Å². The van der Waals surface area contributed by atoms with Crippen molar-refractivity contribution in [2.45, 2.75) is 11.8 Å². The lowest BCUT2D eigenvalue weighted by atomic mass is 10.2. The van der Waals surface area contributed by atoms with Crippen LogP contribution in [-0.4, -0.2) is 29.6 Å². The SMILES string of the molecule is Brc1ccc(CSC2=NC=NC3=NC=NC32)cc1. The first-order valence-corrected chi connectivity index (χ1v) is 7.17. The molecular weight excluding hydrogens is 312 g/mol. The van der Waals surface area contributed by atoms with Gasteiger partial charge in [0.2, 0.25) is 0 Å². The van der Waals surface area contributed by atoms with E-state index in [0.717, 1.165) is 21.1 Å². The van der Waals surface area contributed by atoms with Gasteiger partial charge < -0.3 is 0 Å². The zero-order chi connectivity index (χ0) is 12.4. The Balaban J connectivity index is 1.68. The highest BCUT2D eigenvalue weighted by Gasteiger charge is 2.26. The van der Waals surface area contributed by atoms with Crippen LogP contribution >= 0.6 is 27.7 Å². The van der Waals surface area contributed by atoms with E-state index in [4.69, 9.17) is 0 Å². The minimum Gasteiger partial charge on any atom is -0.255 e. The predicted octanol–water partition coefficient (Wildman–Crippen LogP) is 2.93. The first-order chi connectivity index (χ1) is 8.83. The van der Waals surface area contributed by atoms with Crippen LogP contribution in [0.1, 0.15) is 5.56 Å². The number of thioether (sulfide) groups is 1. The third kappa shape index (κ3) is 2.44. The van der Waals surface area contributed by atoms with Crippen molar-refractivity contribution in [3.8, 4) is 0 Å². The van der Waals surface area contributed by atoms with Gasteiger partial charge in [-0.25, -0.2) is 15.0 Å². The van der Waals surface area contributed by atoms with Gasteiger partial charge >= 0.3 is 0 Å². The summed E-state index contributed by atoms with van der Waals surface area (Å²) in [6.07, 6.45) is 3.10. The van der Waals surface area contributed by atoms with E-state index in [0.29, 0.717) is 0 Å². The van der Waals surface area contributed by atoms with E-state index in [-0.39, 0.29) is 6.04 Å². The molecule has 2 aliphatic heterocycles. The fourth-order valence-corrected chi connectivity index (χ4v) is 2.86. The Bertz CT molecular complexity index is 574. The molecule has 0 radical (unpaired) electrons. The van der Waals surface area contributed by atoms with Crippen LogP contribution in [-0.2, 0) is 5.75 Å². The lowest BCUT2D eigenvalue weighted by Crippen LogP contribution is -2.25. The molecule has 90 valence electrons. The number of nitrogens with zero attached hydrogens (tertiary/aromatic N) is 4. The van der Waals surface area contributed by atoms with Crippen LogP contribution in [0.4, 0.5) is 0 Å². The average molecular weight is 321 g/mol. The molecule has 2 heterocycles. The van der Waals surface area contributed by atoms with Gasteiger partial charge in [-0.1, -0.05) is 28.1 Å². The minimum absolute atomic E-state index is 0.0875. The topological polar surface area (TPSA) is 49.4 Å². The van der Waals surface area contributed by atoms with Gasteiger partial charge in [-0.05, 0) is 17.7 Å². The molecule has 0 fully saturated rings. The fraction of sp³-hybridized carbons (Fsp3) is 0.167. The summed E-state index contributed by atoms with van der Waals surface area (Å²) in [4.78, 5) is 16.8. The average Bonchev–Trinajstić information content (AvgIpc) is 2.87. The molecule has 4 nitrogen and oxygen atoms in total. The van der Waals surface area contributed by atoms with Gasteiger partial charge in [0.1, 0.15) is 17.7 Å². The van der Waals surface area contributed by atoms with Gasteiger partial charge in [0.25, 0.3) is 0 Å². The molecule has 1 aromatic rings. The minimum atomic E-state index is -0.0875. The zero-order valence-corrected chi connectivity index (χ0v) is 11.7. The first kappa shape index (κ1) is 11.8. The molecule has 1 aromatic carbocycles. The highest BCUT2D eigenvalue weighted by molar-refractivity contribution is 9.10. The maximum absolute atomic E-state index is 4.29. The number of rotatable bonds is 2. The van der Waals surface area contributed by atoms with Crippen molar-refractivity contribution in [2.24, 2.45) is 20.0 Å². The van der Waals surface area contributed by atoms with Gasteiger partial charge in [-0.3, -0.25) is 4.99 Å². The molecule has 18 heavy (non-hydrogen) atoms. The summed E-state index contributed by atoms with van der Waals surface area (Å²) in [7, 11) is 0. The number of halogens is 1. The van der Waals surface area contributed by atoms with Crippen LogP contribution in [0, 0.1) is 0 Å². The summed E-state index contributed by atoms with van der Waals surface area (Å²) in [6.45, 7) is 0. The lowest BCUT2D eigenvalue weighted by Gasteiger charge is -2.13. The Morgan fingerprint density at radius 3 is 2.78 bits per heavy atom. The molecule has 0 spiro atoms. The largest absolute Gasteiger partial charge is 0.255 e. The Morgan fingerprint density at radius 1 is 1.11 bits per heavy atom. The maximum Gasteiger partial charge on any atom is 0.163 e. The smallest absolute Gasteiger partial charge is 0.163 e. The van der Waals surface area contributed by atoms with Crippen molar-refractivity contribution >= 4 is 51.2 Å². The summed E-state index contributed by atoms with van der Waals surface area (Å²) in [5, 5.41) is 0.959. The quantitative estimate of drug-likeness (QED) is 0.826. The molecule has 0 saturated carbocycles. The van der Waals surface area contributed by atoms with E-state index in [1.807, 2.05) is 12.1 Å². The third-order valence-electron chi connectivity index (χ3n) is 2.56.